The second-order valence-corrected chi connectivity index (χ2v) is 5.06. The van der Waals surface area contributed by atoms with Crippen LogP contribution in [0, 0.1) is 20.8 Å². The third kappa shape index (κ3) is 4.34. The molecule has 0 saturated heterocycles. The van der Waals surface area contributed by atoms with Gasteiger partial charge in [-0.2, -0.15) is 10.4 Å². The summed E-state index contributed by atoms with van der Waals surface area (Å²) in [7, 11) is 0. The van der Waals surface area contributed by atoms with E-state index in [1.54, 1.807) is 15.8 Å². The number of rotatable bonds is 5. The minimum absolute atomic E-state index is 0.00546. The fraction of sp³-hybridized carbons (Fsp3) is 0.545. The molecule has 0 N–H and O–H groups in total. The highest BCUT2D eigenvalue weighted by Crippen LogP contribution is 2.04. The normalized spacial score (nSPS) is 11.9. The van der Waals surface area contributed by atoms with Crippen molar-refractivity contribution in [2.75, 3.05) is 13.1 Å². The van der Waals surface area contributed by atoms with Gasteiger partial charge in [-0.3, -0.25) is 9.48 Å². The summed E-state index contributed by atoms with van der Waals surface area (Å²) in [5.41, 5.74) is 0. The fourth-order valence-electron chi connectivity index (χ4n) is 1.44. The highest BCUT2D eigenvalue weighted by atomic mass is 127. The molecule has 0 aromatic carbocycles. The van der Waals surface area contributed by atoms with Crippen molar-refractivity contribution in [2.45, 2.75) is 20.4 Å². The number of aromatic nitrogens is 2. The summed E-state index contributed by atoms with van der Waals surface area (Å²) in [6.45, 7) is 5.05. The van der Waals surface area contributed by atoms with Crippen LogP contribution in [0.3, 0.4) is 0 Å². The zero-order chi connectivity index (χ0) is 12.8. The van der Waals surface area contributed by atoms with Gasteiger partial charge in [0.15, 0.2) is 0 Å². The van der Waals surface area contributed by atoms with E-state index in [0.29, 0.717) is 13.1 Å². The van der Waals surface area contributed by atoms with E-state index < -0.39 is 0 Å². The first-order valence-electron chi connectivity index (χ1n) is 5.42. The van der Waals surface area contributed by atoms with Gasteiger partial charge in [-0.1, -0.05) is 0 Å². The van der Waals surface area contributed by atoms with E-state index in [1.807, 2.05) is 20.0 Å². The zero-order valence-electron chi connectivity index (χ0n) is 9.93. The number of nitrogens with zero attached hydrogens (tertiary/aromatic N) is 4. The van der Waals surface area contributed by atoms with Crippen molar-refractivity contribution in [1.29, 1.82) is 5.26 Å². The first kappa shape index (κ1) is 14.0. The molecule has 17 heavy (non-hydrogen) atoms. The molecular formula is C11H15IN4O. The molecule has 1 rings (SSSR count). The molecule has 1 aromatic rings. The Labute approximate surface area is 115 Å². The van der Waals surface area contributed by atoms with E-state index in [0.717, 1.165) is 3.57 Å². The molecule has 1 heterocycles. The van der Waals surface area contributed by atoms with Gasteiger partial charge in [-0.05, 0) is 36.4 Å². The summed E-state index contributed by atoms with van der Waals surface area (Å²) in [6.07, 6.45) is 3.53. The Hall–Kier alpha value is -1.10. The number of hydrogen-bond donors (Lipinski definition) is 0. The summed E-state index contributed by atoms with van der Waals surface area (Å²) in [5.74, 6) is -0.147. The van der Waals surface area contributed by atoms with Crippen molar-refractivity contribution >= 4 is 28.5 Å². The van der Waals surface area contributed by atoms with Crippen molar-refractivity contribution in [3.05, 3.63) is 16.0 Å². The van der Waals surface area contributed by atoms with Crippen LogP contribution in [0.1, 0.15) is 13.8 Å². The molecule has 0 fully saturated rings. The SMILES string of the molecule is CCN(C[C@@H](C)C#N)C(=O)Cn1cc(I)cn1. The molecule has 0 aliphatic carbocycles. The molecule has 1 atom stereocenters. The second-order valence-electron chi connectivity index (χ2n) is 3.82. The van der Waals surface area contributed by atoms with Gasteiger partial charge in [0.2, 0.25) is 5.91 Å². The van der Waals surface area contributed by atoms with Crippen LogP contribution in [0.2, 0.25) is 0 Å². The van der Waals surface area contributed by atoms with Gasteiger partial charge in [0.05, 0.1) is 21.8 Å². The third-order valence-electron chi connectivity index (χ3n) is 2.35. The number of amides is 1. The third-order valence-corrected chi connectivity index (χ3v) is 2.91. The average Bonchev–Trinajstić information content (AvgIpc) is 2.70. The summed E-state index contributed by atoms with van der Waals surface area (Å²) in [6, 6.07) is 2.14. The van der Waals surface area contributed by atoms with E-state index >= 15 is 0 Å². The van der Waals surface area contributed by atoms with Crippen molar-refractivity contribution in [3.8, 4) is 6.07 Å². The molecule has 0 spiro atoms. The van der Waals surface area contributed by atoms with Gasteiger partial charge in [0.25, 0.3) is 0 Å². The molecule has 5 nitrogen and oxygen atoms in total. The highest BCUT2D eigenvalue weighted by molar-refractivity contribution is 14.1. The molecule has 0 radical (unpaired) electrons. The lowest BCUT2D eigenvalue weighted by atomic mass is 10.2. The van der Waals surface area contributed by atoms with Crippen molar-refractivity contribution in [2.24, 2.45) is 5.92 Å². The highest BCUT2D eigenvalue weighted by Gasteiger charge is 2.15. The van der Waals surface area contributed by atoms with Crippen LogP contribution in [-0.4, -0.2) is 33.7 Å². The molecule has 0 bridgehead atoms. The molecule has 1 amide bonds. The Kier molecular flexibility index (Phi) is 5.41. The number of carbonyl (C=O) groups excluding carboxylic acids is 1. The van der Waals surface area contributed by atoms with Crippen LogP contribution in [0.4, 0.5) is 0 Å². The number of likely N-dealkylation sites (N-methyl/N-ethyl adjacent to an activating group) is 1. The maximum Gasteiger partial charge on any atom is 0.244 e. The summed E-state index contributed by atoms with van der Waals surface area (Å²) < 4.78 is 2.62. The van der Waals surface area contributed by atoms with Gasteiger partial charge in [-0.25, -0.2) is 0 Å². The second kappa shape index (κ2) is 6.59. The Morgan fingerprint density at radius 1 is 1.76 bits per heavy atom. The molecule has 0 unspecified atom stereocenters. The van der Waals surface area contributed by atoms with Crippen LogP contribution in [0.25, 0.3) is 0 Å². The molecule has 0 aliphatic rings. The molecule has 1 aromatic heterocycles. The van der Waals surface area contributed by atoms with Gasteiger partial charge in [-0.15, -0.1) is 0 Å². The minimum atomic E-state index is -0.142. The van der Waals surface area contributed by atoms with Crippen LogP contribution < -0.4 is 0 Å². The smallest absolute Gasteiger partial charge is 0.244 e. The maximum absolute atomic E-state index is 12.0. The standard InChI is InChI=1S/C11H15IN4O/c1-3-15(6-9(2)4-13)11(17)8-16-7-10(12)5-14-16/h5,7,9H,3,6,8H2,1-2H3/t9-/m0/s1. The van der Waals surface area contributed by atoms with Crippen LogP contribution in [0.15, 0.2) is 12.4 Å². The lowest BCUT2D eigenvalue weighted by molar-refractivity contribution is -0.132. The molecule has 0 saturated carbocycles. The fourth-order valence-corrected chi connectivity index (χ4v) is 1.89. The van der Waals surface area contributed by atoms with Gasteiger partial charge in [0.1, 0.15) is 6.54 Å². The Morgan fingerprint density at radius 3 is 2.94 bits per heavy atom. The summed E-state index contributed by atoms with van der Waals surface area (Å²) in [4.78, 5) is 13.6. The summed E-state index contributed by atoms with van der Waals surface area (Å²) in [5, 5.41) is 12.8. The first-order valence-corrected chi connectivity index (χ1v) is 6.50. The van der Waals surface area contributed by atoms with E-state index in [-0.39, 0.29) is 18.4 Å². The van der Waals surface area contributed by atoms with E-state index in [4.69, 9.17) is 5.26 Å². The minimum Gasteiger partial charge on any atom is -0.340 e. The summed E-state index contributed by atoms with van der Waals surface area (Å²) >= 11 is 2.15. The number of hydrogen-bond acceptors (Lipinski definition) is 3. The number of halogens is 1. The topological polar surface area (TPSA) is 61.9 Å². The molecule has 0 aliphatic heterocycles. The Bertz CT molecular complexity index is 423. The van der Waals surface area contributed by atoms with Crippen molar-refractivity contribution in [3.63, 3.8) is 0 Å². The molecular weight excluding hydrogens is 331 g/mol. The predicted octanol–water partition coefficient (Wildman–Crippen LogP) is 1.50. The lowest BCUT2D eigenvalue weighted by Crippen LogP contribution is -2.36. The van der Waals surface area contributed by atoms with Crippen molar-refractivity contribution in [1.82, 2.24) is 14.7 Å². The first-order chi connectivity index (χ1) is 8.06. The zero-order valence-corrected chi connectivity index (χ0v) is 12.1. The average molecular weight is 346 g/mol. The van der Waals surface area contributed by atoms with E-state index in [2.05, 4.69) is 33.8 Å². The lowest BCUT2D eigenvalue weighted by Gasteiger charge is -2.21. The van der Waals surface area contributed by atoms with Gasteiger partial charge in [0, 0.05) is 19.3 Å². The number of nitriles is 1. The largest absolute Gasteiger partial charge is 0.340 e. The Balaban J connectivity index is 2.58. The monoisotopic (exact) mass is 346 g/mol. The quantitative estimate of drug-likeness (QED) is 0.759. The molecule has 6 heteroatoms. The predicted molar refractivity (Wildman–Crippen MR) is 72.0 cm³/mol. The van der Waals surface area contributed by atoms with Crippen LogP contribution in [-0.2, 0) is 11.3 Å². The Morgan fingerprint density at radius 2 is 2.47 bits per heavy atom. The number of carbonyl (C=O) groups is 1. The van der Waals surface area contributed by atoms with E-state index in [1.165, 1.54) is 0 Å². The van der Waals surface area contributed by atoms with Crippen molar-refractivity contribution < 1.29 is 4.79 Å². The van der Waals surface area contributed by atoms with E-state index in [9.17, 15) is 4.79 Å². The van der Waals surface area contributed by atoms with Crippen LogP contribution >= 0.6 is 22.6 Å². The maximum atomic E-state index is 12.0. The van der Waals surface area contributed by atoms with Crippen LogP contribution in [0.5, 0.6) is 0 Å². The molecule has 92 valence electrons. The van der Waals surface area contributed by atoms with Gasteiger partial charge >= 0.3 is 0 Å². The van der Waals surface area contributed by atoms with Gasteiger partial charge < -0.3 is 4.90 Å².